The molecule has 0 radical (unpaired) electrons. The number of rotatable bonds is 3. The Morgan fingerprint density at radius 3 is 2.79 bits per heavy atom. The number of ether oxygens (including phenoxy) is 1. The third-order valence-corrected chi connectivity index (χ3v) is 2.08. The van der Waals surface area contributed by atoms with Crippen LogP contribution < -0.4 is 4.74 Å². The molecule has 6 heteroatoms. The minimum Gasteiger partial charge on any atom is -0.496 e. The van der Waals surface area contributed by atoms with Gasteiger partial charge in [-0.25, -0.2) is 4.39 Å². The zero-order chi connectivity index (χ0) is 10.7. The van der Waals surface area contributed by atoms with Crippen LogP contribution in [0.4, 0.5) is 4.39 Å². The summed E-state index contributed by atoms with van der Waals surface area (Å²) in [6.45, 7) is -0.581. The van der Waals surface area contributed by atoms with Crippen molar-refractivity contribution < 1.29 is 14.1 Å². The lowest BCUT2D eigenvalue weighted by Gasteiger charge is -2.06. The fourth-order valence-corrected chi connectivity index (χ4v) is 1.45. The molecule has 0 aliphatic rings. The van der Waals surface area contributed by atoms with E-state index in [0.29, 0.717) is 4.47 Å². The molecule has 0 atom stereocenters. The quantitative estimate of drug-likeness (QED) is 0.622. The Kier molecular flexibility index (Phi) is 3.40. The summed E-state index contributed by atoms with van der Waals surface area (Å²) in [6.07, 6.45) is 0. The highest BCUT2D eigenvalue weighted by atomic mass is 79.9. The Labute approximate surface area is 88.0 Å². The fraction of sp³-hybridized carbons (Fsp3) is 0.250. The summed E-state index contributed by atoms with van der Waals surface area (Å²) in [5.41, 5.74) is -0.0410. The Bertz CT molecular complexity index is 370. The van der Waals surface area contributed by atoms with Gasteiger partial charge in [0, 0.05) is 9.40 Å². The van der Waals surface area contributed by atoms with Crippen molar-refractivity contribution in [1.29, 1.82) is 0 Å². The average Bonchev–Trinajstić information content (AvgIpc) is 2.08. The summed E-state index contributed by atoms with van der Waals surface area (Å²) < 4.78 is 18.6. The number of halogens is 2. The first-order valence-electron chi connectivity index (χ1n) is 3.68. The zero-order valence-corrected chi connectivity index (χ0v) is 8.88. The monoisotopic (exact) mass is 263 g/mol. The van der Waals surface area contributed by atoms with E-state index < -0.39 is 17.3 Å². The van der Waals surface area contributed by atoms with E-state index in [-0.39, 0.29) is 11.3 Å². The van der Waals surface area contributed by atoms with Crippen LogP contribution in [0.1, 0.15) is 5.56 Å². The SMILES string of the molecule is COc1cc(Br)cc(F)c1C[N+](=O)[O-]. The van der Waals surface area contributed by atoms with Crippen LogP contribution in [0.5, 0.6) is 5.75 Å². The topological polar surface area (TPSA) is 52.4 Å². The number of nitro groups is 1. The van der Waals surface area contributed by atoms with Crippen LogP contribution >= 0.6 is 15.9 Å². The zero-order valence-electron chi connectivity index (χ0n) is 7.29. The maximum Gasteiger partial charge on any atom is 0.235 e. The molecule has 0 N–H and O–H groups in total. The summed E-state index contributed by atoms with van der Waals surface area (Å²) >= 11 is 3.06. The molecule has 0 aromatic heterocycles. The Morgan fingerprint density at radius 1 is 1.64 bits per heavy atom. The van der Waals surface area contributed by atoms with Gasteiger partial charge in [0.2, 0.25) is 6.54 Å². The van der Waals surface area contributed by atoms with Crippen molar-refractivity contribution in [2.24, 2.45) is 0 Å². The Morgan fingerprint density at radius 2 is 2.29 bits per heavy atom. The largest absolute Gasteiger partial charge is 0.496 e. The van der Waals surface area contributed by atoms with Crippen molar-refractivity contribution in [3.05, 3.63) is 38.1 Å². The minimum atomic E-state index is -0.645. The first-order valence-corrected chi connectivity index (χ1v) is 4.47. The molecule has 0 spiro atoms. The van der Waals surface area contributed by atoms with Crippen molar-refractivity contribution in [3.63, 3.8) is 0 Å². The summed E-state index contributed by atoms with van der Waals surface area (Å²) in [5.74, 6) is -0.471. The van der Waals surface area contributed by atoms with Crippen LogP contribution in [0.15, 0.2) is 16.6 Å². The van der Waals surface area contributed by atoms with Gasteiger partial charge in [-0.15, -0.1) is 0 Å². The highest BCUT2D eigenvalue weighted by molar-refractivity contribution is 9.10. The van der Waals surface area contributed by atoms with Gasteiger partial charge in [0.15, 0.2) is 0 Å². The lowest BCUT2D eigenvalue weighted by Crippen LogP contribution is -2.03. The maximum absolute atomic E-state index is 13.2. The summed E-state index contributed by atoms with van der Waals surface area (Å²) in [5, 5.41) is 10.2. The molecule has 1 aromatic carbocycles. The van der Waals surface area contributed by atoms with E-state index in [0.717, 1.165) is 0 Å². The van der Waals surface area contributed by atoms with Gasteiger partial charge in [-0.05, 0) is 12.1 Å². The highest BCUT2D eigenvalue weighted by Crippen LogP contribution is 2.27. The molecular weight excluding hydrogens is 257 g/mol. The second-order valence-corrected chi connectivity index (χ2v) is 3.47. The molecule has 4 nitrogen and oxygen atoms in total. The van der Waals surface area contributed by atoms with Gasteiger partial charge < -0.3 is 4.74 Å². The Hall–Kier alpha value is -1.17. The van der Waals surface area contributed by atoms with Crippen LogP contribution in [-0.4, -0.2) is 12.0 Å². The fourth-order valence-electron chi connectivity index (χ4n) is 1.04. The molecule has 1 aromatic rings. The molecule has 0 fully saturated rings. The van der Waals surface area contributed by atoms with Gasteiger partial charge in [-0.2, -0.15) is 0 Å². The minimum absolute atomic E-state index is 0.0410. The third-order valence-electron chi connectivity index (χ3n) is 1.63. The molecule has 0 aliphatic heterocycles. The molecule has 1 rings (SSSR count). The second-order valence-electron chi connectivity index (χ2n) is 2.56. The van der Waals surface area contributed by atoms with Crippen LogP contribution in [0.2, 0.25) is 0 Å². The third kappa shape index (κ3) is 2.41. The van der Waals surface area contributed by atoms with Crippen molar-refractivity contribution in [3.8, 4) is 5.75 Å². The molecule has 14 heavy (non-hydrogen) atoms. The Balaban J connectivity index is 3.18. The van der Waals surface area contributed by atoms with E-state index in [1.807, 2.05) is 0 Å². The number of hydrogen-bond donors (Lipinski definition) is 0. The van der Waals surface area contributed by atoms with E-state index in [1.54, 1.807) is 0 Å². The molecule has 0 saturated heterocycles. The van der Waals surface area contributed by atoms with Crippen molar-refractivity contribution >= 4 is 15.9 Å². The van der Waals surface area contributed by atoms with E-state index >= 15 is 0 Å². The van der Waals surface area contributed by atoms with Crippen LogP contribution in [-0.2, 0) is 6.54 Å². The molecule has 0 bridgehead atoms. The molecule has 0 heterocycles. The molecule has 0 aliphatic carbocycles. The molecule has 0 amide bonds. The maximum atomic E-state index is 13.2. The van der Waals surface area contributed by atoms with Gasteiger partial charge in [0.25, 0.3) is 0 Å². The first kappa shape index (κ1) is 10.9. The van der Waals surface area contributed by atoms with Crippen LogP contribution in [0.3, 0.4) is 0 Å². The normalized spacial score (nSPS) is 9.93. The van der Waals surface area contributed by atoms with E-state index in [2.05, 4.69) is 15.9 Å². The summed E-state index contributed by atoms with van der Waals surface area (Å²) in [6, 6.07) is 2.66. The lowest BCUT2D eigenvalue weighted by molar-refractivity contribution is -0.497. The van der Waals surface area contributed by atoms with Gasteiger partial charge in [-0.1, -0.05) is 15.9 Å². The van der Waals surface area contributed by atoms with Gasteiger partial charge in [0.1, 0.15) is 11.6 Å². The second kappa shape index (κ2) is 4.36. The highest BCUT2D eigenvalue weighted by Gasteiger charge is 2.15. The first-order chi connectivity index (χ1) is 6.54. The molecule has 0 unspecified atom stereocenters. The standard InChI is InChI=1S/C8H7BrFNO3/c1-14-8-3-5(9)2-7(10)6(8)4-11(12)13/h2-3H,4H2,1H3. The predicted octanol–water partition coefficient (Wildman–Crippen LogP) is 2.37. The van der Waals surface area contributed by atoms with Crippen LogP contribution in [0, 0.1) is 15.9 Å². The molecule has 0 saturated carbocycles. The molecule has 76 valence electrons. The van der Waals surface area contributed by atoms with Gasteiger partial charge in [-0.3, -0.25) is 10.1 Å². The smallest absolute Gasteiger partial charge is 0.235 e. The van der Waals surface area contributed by atoms with Crippen molar-refractivity contribution in [2.45, 2.75) is 6.54 Å². The summed E-state index contributed by atoms with van der Waals surface area (Å²) in [4.78, 5) is 9.64. The van der Waals surface area contributed by atoms with Crippen LogP contribution in [0.25, 0.3) is 0 Å². The van der Waals surface area contributed by atoms with Gasteiger partial charge in [0.05, 0.1) is 12.7 Å². The van der Waals surface area contributed by atoms with E-state index in [1.165, 1.54) is 19.2 Å². The van der Waals surface area contributed by atoms with E-state index in [9.17, 15) is 14.5 Å². The van der Waals surface area contributed by atoms with Crippen molar-refractivity contribution in [2.75, 3.05) is 7.11 Å². The average molecular weight is 264 g/mol. The molecular formula is C8H7BrFNO3. The summed E-state index contributed by atoms with van der Waals surface area (Å²) in [7, 11) is 1.34. The number of hydrogen-bond acceptors (Lipinski definition) is 3. The number of benzene rings is 1. The number of methoxy groups -OCH3 is 1. The van der Waals surface area contributed by atoms with Gasteiger partial charge >= 0.3 is 0 Å². The number of nitrogens with zero attached hydrogens (tertiary/aromatic N) is 1. The van der Waals surface area contributed by atoms with E-state index in [4.69, 9.17) is 4.74 Å². The lowest BCUT2D eigenvalue weighted by atomic mass is 10.2. The van der Waals surface area contributed by atoms with Crippen molar-refractivity contribution in [1.82, 2.24) is 0 Å². The predicted molar refractivity (Wildman–Crippen MR) is 51.4 cm³/mol.